The van der Waals surface area contributed by atoms with Crippen molar-refractivity contribution >= 4 is 56.6 Å². The average Bonchev–Trinajstić information content (AvgIpc) is 2.52. The van der Waals surface area contributed by atoms with Gasteiger partial charge in [-0.25, -0.2) is 8.42 Å². The molecule has 0 saturated carbocycles. The number of nitrogens with zero attached hydrogens (tertiary/aromatic N) is 1. The number of hydrogen-bond acceptors (Lipinski definition) is 3. The molecule has 5 nitrogen and oxygen atoms in total. The molecule has 0 aliphatic rings. The van der Waals surface area contributed by atoms with Gasteiger partial charge in [-0.15, -0.1) is 0 Å². The molecular weight excluding hydrogens is 383 g/mol. The smallest absolute Gasteiger partial charge is 0.248 e. The Balaban J connectivity index is 2.12. The fourth-order valence-corrected chi connectivity index (χ4v) is 2.93. The van der Waals surface area contributed by atoms with Crippen LogP contribution >= 0.6 is 23.2 Å². The molecule has 0 saturated heterocycles. The predicted molar refractivity (Wildman–Crippen MR) is 104 cm³/mol. The van der Waals surface area contributed by atoms with Gasteiger partial charge in [0, 0.05) is 28.9 Å². The molecule has 0 unspecified atom stereocenters. The van der Waals surface area contributed by atoms with Crippen LogP contribution in [0, 0.1) is 0 Å². The molecule has 25 heavy (non-hydrogen) atoms. The minimum Gasteiger partial charge on any atom is -0.322 e. The van der Waals surface area contributed by atoms with Crippen molar-refractivity contribution in [2.24, 2.45) is 0 Å². The van der Waals surface area contributed by atoms with Gasteiger partial charge in [0.1, 0.15) is 0 Å². The lowest BCUT2D eigenvalue weighted by atomic mass is 10.2. The number of carbonyl (C=O) groups is 1. The lowest BCUT2D eigenvalue weighted by Gasteiger charge is -2.17. The maximum absolute atomic E-state index is 12.0. The number of rotatable bonds is 5. The molecule has 2 rings (SSSR count). The molecule has 0 radical (unpaired) electrons. The third-order valence-corrected chi connectivity index (χ3v) is 5.12. The van der Waals surface area contributed by atoms with E-state index in [1.807, 2.05) is 0 Å². The van der Waals surface area contributed by atoms with Crippen LogP contribution in [0.5, 0.6) is 0 Å². The summed E-state index contributed by atoms with van der Waals surface area (Å²) in [5, 5.41) is 3.62. The maximum atomic E-state index is 12.0. The average molecular weight is 399 g/mol. The third-order valence-electron chi connectivity index (χ3n) is 3.35. The van der Waals surface area contributed by atoms with Crippen LogP contribution in [0.15, 0.2) is 48.5 Å². The van der Waals surface area contributed by atoms with E-state index in [0.717, 1.165) is 10.6 Å². The first-order chi connectivity index (χ1) is 11.7. The molecule has 0 heterocycles. The monoisotopic (exact) mass is 398 g/mol. The quantitative estimate of drug-likeness (QED) is 0.772. The summed E-state index contributed by atoms with van der Waals surface area (Å²) in [6.07, 6.45) is 4.01. The first kappa shape index (κ1) is 19.3. The SMILES string of the molecule is CN(c1cccc(NC(=O)/C=C/c2ccc(Cl)cc2Cl)c1)S(C)(=O)=O. The molecule has 132 valence electrons. The number of benzene rings is 2. The van der Waals surface area contributed by atoms with Crippen LogP contribution in [-0.4, -0.2) is 27.6 Å². The van der Waals surface area contributed by atoms with E-state index in [2.05, 4.69) is 5.32 Å². The van der Waals surface area contributed by atoms with E-state index >= 15 is 0 Å². The van der Waals surface area contributed by atoms with Crippen LogP contribution in [-0.2, 0) is 14.8 Å². The zero-order valence-corrected chi connectivity index (χ0v) is 15.9. The Labute approximate surface area is 156 Å². The third kappa shape index (κ3) is 5.49. The van der Waals surface area contributed by atoms with Crippen LogP contribution in [0.25, 0.3) is 6.08 Å². The van der Waals surface area contributed by atoms with Gasteiger partial charge in [0.2, 0.25) is 15.9 Å². The second-order valence-corrected chi connectivity index (χ2v) is 8.13. The number of halogens is 2. The van der Waals surface area contributed by atoms with Gasteiger partial charge < -0.3 is 5.32 Å². The lowest BCUT2D eigenvalue weighted by Crippen LogP contribution is -2.24. The summed E-state index contributed by atoms with van der Waals surface area (Å²) in [6.45, 7) is 0. The molecule has 0 aliphatic heterocycles. The van der Waals surface area contributed by atoms with Gasteiger partial charge in [-0.2, -0.15) is 0 Å². The Morgan fingerprint density at radius 2 is 1.88 bits per heavy atom. The molecule has 0 fully saturated rings. The highest BCUT2D eigenvalue weighted by Crippen LogP contribution is 2.23. The normalized spacial score (nSPS) is 11.5. The van der Waals surface area contributed by atoms with Crippen molar-refractivity contribution in [3.05, 3.63) is 64.1 Å². The highest BCUT2D eigenvalue weighted by Gasteiger charge is 2.12. The van der Waals surface area contributed by atoms with Crippen molar-refractivity contribution in [1.29, 1.82) is 0 Å². The van der Waals surface area contributed by atoms with Crippen LogP contribution < -0.4 is 9.62 Å². The topological polar surface area (TPSA) is 66.5 Å². The van der Waals surface area contributed by atoms with E-state index < -0.39 is 10.0 Å². The molecule has 0 aliphatic carbocycles. The standard InChI is InChI=1S/C17H16Cl2N2O3S/c1-21(25(2,23)24)15-5-3-4-14(11-15)20-17(22)9-7-12-6-8-13(18)10-16(12)19/h3-11H,1-2H3,(H,20,22)/b9-7+. The summed E-state index contributed by atoms with van der Waals surface area (Å²) in [5.41, 5.74) is 1.58. The minimum absolute atomic E-state index is 0.370. The lowest BCUT2D eigenvalue weighted by molar-refractivity contribution is -0.111. The number of hydrogen-bond donors (Lipinski definition) is 1. The van der Waals surface area contributed by atoms with E-state index in [4.69, 9.17) is 23.2 Å². The summed E-state index contributed by atoms with van der Waals surface area (Å²) in [7, 11) is -1.93. The molecule has 1 N–H and O–H groups in total. The number of amides is 1. The molecule has 8 heteroatoms. The van der Waals surface area contributed by atoms with Crippen molar-refractivity contribution in [1.82, 2.24) is 0 Å². The molecule has 0 bridgehead atoms. The van der Waals surface area contributed by atoms with Crippen LogP contribution in [0.4, 0.5) is 11.4 Å². The number of nitrogens with one attached hydrogen (secondary N) is 1. The van der Waals surface area contributed by atoms with E-state index in [9.17, 15) is 13.2 Å². The predicted octanol–water partition coefficient (Wildman–Crippen LogP) is 4.04. The van der Waals surface area contributed by atoms with Crippen LogP contribution in [0.2, 0.25) is 10.0 Å². The van der Waals surface area contributed by atoms with Gasteiger partial charge in [0.15, 0.2) is 0 Å². The van der Waals surface area contributed by atoms with E-state index in [1.165, 1.54) is 13.1 Å². The van der Waals surface area contributed by atoms with Gasteiger partial charge in [-0.05, 0) is 42.0 Å². The molecule has 2 aromatic rings. The molecule has 2 aromatic carbocycles. The largest absolute Gasteiger partial charge is 0.322 e. The maximum Gasteiger partial charge on any atom is 0.248 e. The summed E-state index contributed by atoms with van der Waals surface area (Å²) in [6, 6.07) is 11.5. The fraction of sp³-hybridized carbons (Fsp3) is 0.118. The van der Waals surface area contributed by atoms with Crippen LogP contribution in [0.1, 0.15) is 5.56 Å². The Morgan fingerprint density at radius 1 is 1.16 bits per heavy atom. The Bertz CT molecular complexity index is 927. The van der Waals surface area contributed by atoms with E-state index in [1.54, 1.807) is 48.5 Å². The van der Waals surface area contributed by atoms with Crippen LogP contribution in [0.3, 0.4) is 0 Å². The summed E-state index contributed by atoms with van der Waals surface area (Å²) in [5.74, 6) is -0.370. The van der Waals surface area contributed by atoms with Gasteiger partial charge in [0.05, 0.1) is 11.9 Å². The molecule has 1 amide bonds. The Hall–Kier alpha value is -2.02. The second kappa shape index (κ2) is 7.91. The van der Waals surface area contributed by atoms with Gasteiger partial charge in [0.25, 0.3) is 0 Å². The van der Waals surface area contributed by atoms with Crippen molar-refractivity contribution in [3.63, 3.8) is 0 Å². The fourth-order valence-electron chi connectivity index (χ4n) is 1.96. The van der Waals surface area contributed by atoms with Crippen molar-refractivity contribution in [2.75, 3.05) is 22.9 Å². The summed E-state index contributed by atoms with van der Waals surface area (Å²) >= 11 is 11.9. The molecule has 0 atom stereocenters. The van der Waals surface area contributed by atoms with Gasteiger partial charge in [-0.3, -0.25) is 9.10 Å². The summed E-state index contributed by atoms with van der Waals surface area (Å²) < 4.78 is 24.3. The molecule has 0 aromatic heterocycles. The highest BCUT2D eigenvalue weighted by molar-refractivity contribution is 7.92. The second-order valence-electron chi connectivity index (χ2n) is 5.27. The van der Waals surface area contributed by atoms with Crippen molar-refractivity contribution in [2.45, 2.75) is 0 Å². The van der Waals surface area contributed by atoms with Gasteiger partial charge in [-0.1, -0.05) is 35.3 Å². The first-order valence-electron chi connectivity index (χ1n) is 7.15. The molecular formula is C17H16Cl2N2O3S. The van der Waals surface area contributed by atoms with E-state index in [0.29, 0.717) is 27.0 Å². The zero-order valence-electron chi connectivity index (χ0n) is 13.5. The van der Waals surface area contributed by atoms with Gasteiger partial charge >= 0.3 is 0 Å². The van der Waals surface area contributed by atoms with Crippen molar-refractivity contribution in [3.8, 4) is 0 Å². The van der Waals surface area contributed by atoms with Crippen molar-refractivity contribution < 1.29 is 13.2 Å². The first-order valence-corrected chi connectivity index (χ1v) is 9.75. The Morgan fingerprint density at radius 3 is 2.52 bits per heavy atom. The zero-order chi connectivity index (χ0) is 18.6. The summed E-state index contributed by atoms with van der Waals surface area (Å²) in [4.78, 5) is 12.0. The molecule has 0 spiro atoms. The number of carbonyl (C=O) groups excluding carboxylic acids is 1. The Kier molecular flexibility index (Phi) is 6.11. The minimum atomic E-state index is -3.37. The number of anilines is 2. The van der Waals surface area contributed by atoms with E-state index in [-0.39, 0.29) is 5.91 Å². The highest BCUT2D eigenvalue weighted by atomic mass is 35.5. The number of sulfonamides is 1.